The van der Waals surface area contributed by atoms with Crippen LogP contribution < -0.4 is 0 Å². The molecule has 1 aliphatic carbocycles. The average molecular weight is 190 g/mol. The second kappa shape index (κ2) is 4.89. The van der Waals surface area contributed by atoms with Gasteiger partial charge in [0.2, 0.25) is 0 Å². The molecular formula is C15H10. The first-order valence-corrected chi connectivity index (χ1v) is 4.88. The molecule has 0 bridgehead atoms. The van der Waals surface area contributed by atoms with Crippen molar-refractivity contribution in [1.29, 1.82) is 0 Å². The Kier molecular flexibility index (Phi) is 3.06. The molecule has 0 amide bonds. The highest BCUT2D eigenvalue weighted by molar-refractivity contribution is 5.45. The van der Waals surface area contributed by atoms with Gasteiger partial charge in [-0.25, -0.2) is 0 Å². The van der Waals surface area contributed by atoms with E-state index in [1.807, 2.05) is 42.5 Å². The molecule has 0 unspecified atom stereocenters. The van der Waals surface area contributed by atoms with E-state index in [4.69, 9.17) is 0 Å². The van der Waals surface area contributed by atoms with Gasteiger partial charge in [0.15, 0.2) is 0 Å². The lowest BCUT2D eigenvalue weighted by Crippen LogP contribution is -1.70. The van der Waals surface area contributed by atoms with Crippen LogP contribution in [-0.4, -0.2) is 0 Å². The number of benzene rings is 1. The highest BCUT2D eigenvalue weighted by Crippen LogP contribution is 2.07. The summed E-state index contributed by atoms with van der Waals surface area (Å²) >= 11 is 0. The van der Waals surface area contributed by atoms with E-state index in [1.165, 1.54) is 0 Å². The first-order valence-electron chi connectivity index (χ1n) is 4.88. The van der Waals surface area contributed by atoms with Gasteiger partial charge in [-0.3, -0.25) is 0 Å². The van der Waals surface area contributed by atoms with Crippen molar-refractivity contribution >= 4 is 0 Å². The Hall–Kier alpha value is -2.18. The molecule has 70 valence electrons. The van der Waals surface area contributed by atoms with Crippen LogP contribution in [0.15, 0.2) is 54.1 Å². The van der Waals surface area contributed by atoms with Gasteiger partial charge in [-0.2, -0.15) is 0 Å². The Morgan fingerprint density at radius 3 is 2.47 bits per heavy atom. The first-order chi connectivity index (χ1) is 7.45. The molecule has 0 aliphatic heterocycles. The summed E-state index contributed by atoms with van der Waals surface area (Å²) < 4.78 is 0. The quantitative estimate of drug-likeness (QED) is 0.552. The third-order valence-corrected chi connectivity index (χ3v) is 2.04. The topological polar surface area (TPSA) is 0 Å². The van der Waals surface area contributed by atoms with Crippen LogP contribution in [-0.2, 0) is 0 Å². The van der Waals surface area contributed by atoms with Crippen LogP contribution in [0, 0.1) is 23.7 Å². The van der Waals surface area contributed by atoms with Crippen molar-refractivity contribution in [2.24, 2.45) is 0 Å². The molecule has 15 heavy (non-hydrogen) atoms. The fourth-order valence-corrected chi connectivity index (χ4v) is 1.28. The molecule has 2 rings (SSSR count). The third-order valence-electron chi connectivity index (χ3n) is 2.04. The Labute approximate surface area is 90.3 Å². The van der Waals surface area contributed by atoms with Crippen molar-refractivity contribution in [3.63, 3.8) is 0 Å². The van der Waals surface area contributed by atoms with Crippen molar-refractivity contribution in [2.45, 2.75) is 6.42 Å². The molecule has 0 spiro atoms. The number of rotatable bonds is 0. The zero-order valence-corrected chi connectivity index (χ0v) is 8.33. The van der Waals surface area contributed by atoms with Gasteiger partial charge in [0.05, 0.1) is 0 Å². The van der Waals surface area contributed by atoms with Crippen LogP contribution in [0.3, 0.4) is 0 Å². The number of allylic oxidation sites excluding steroid dienone is 4. The molecule has 0 nitrogen and oxygen atoms in total. The summed E-state index contributed by atoms with van der Waals surface area (Å²) in [6.45, 7) is 0. The third kappa shape index (κ3) is 2.90. The highest BCUT2D eigenvalue weighted by atomic mass is 13.9. The fraction of sp³-hybridized carbons (Fsp3) is 0.0667. The van der Waals surface area contributed by atoms with Gasteiger partial charge in [0.25, 0.3) is 0 Å². The fourth-order valence-electron chi connectivity index (χ4n) is 1.28. The maximum Gasteiger partial charge on any atom is 0.0255 e. The van der Waals surface area contributed by atoms with Crippen LogP contribution in [0.5, 0.6) is 0 Å². The second-order valence-electron chi connectivity index (χ2n) is 3.19. The highest BCUT2D eigenvalue weighted by Gasteiger charge is 1.91. The summed E-state index contributed by atoms with van der Waals surface area (Å²) in [6, 6.07) is 9.88. The van der Waals surface area contributed by atoms with Gasteiger partial charge in [-0.1, -0.05) is 48.3 Å². The summed E-state index contributed by atoms with van der Waals surface area (Å²) in [5.41, 5.74) is 2.14. The van der Waals surface area contributed by atoms with Gasteiger partial charge in [-0.05, 0) is 30.4 Å². The van der Waals surface area contributed by atoms with Crippen molar-refractivity contribution in [1.82, 2.24) is 0 Å². The lowest BCUT2D eigenvalue weighted by atomic mass is 10.2. The SMILES string of the molecule is C(C#Cc1ccccc1)#CC1=CC=CC1. The van der Waals surface area contributed by atoms with Crippen LogP contribution in [0.4, 0.5) is 0 Å². The zero-order valence-electron chi connectivity index (χ0n) is 8.33. The Morgan fingerprint density at radius 1 is 0.933 bits per heavy atom. The molecule has 1 aromatic carbocycles. The van der Waals surface area contributed by atoms with Crippen LogP contribution in [0.1, 0.15) is 12.0 Å². The van der Waals surface area contributed by atoms with E-state index >= 15 is 0 Å². The monoisotopic (exact) mass is 190 g/mol. The Bertz CT molecular complexity index is 508. The molecule has 0 N–H and O–H groups in total. The smallest absolute Gasteiger partial charge is 0.0255 e. The predicted octanol–water partition coefficient (Wildman–Crippen LogP) is 2.93. The molecule has 1 aromatic rings. The maximum absolute atomic E-state index is 3.03. The van der Waals surface area contributed by atoms with E-state index in [0.29, 0.717) is 0 Å². The largest absolute Gasteiger partial charge is 0.0794 e. The lowest BCUT2D eigenvalue weighted by molar-refractivity contribution is 1.36. The molecule has 0 fully saturated rings. The Balaban J connectivity index is 2.01. The molecule has 0 saturated heterocycles. The minimum Gasteiger partial charge on any atom is -0.0794 e. The van der Waals surface area contributed by atoms with E-state index < -0.39 is 0 Å². The van der Waals surface area contributed by atoms with Crippen LogP contribution in [0.2, 0.25) is 0 Å². The second-order valence-corrected chi connectivity index (χ2v) is 3.19. The summed E-state index contributed by atoms with van der Waals surface area (Å²) in [6.07, 6.45) is 7.08. The predicted molar refractivity (Wildman–Crippen MR) is 62.9 cm³/mol. The van der Waals surface area contributed by atoms with Crippen molar-refractivity contribution in [2.75, 3.05) is 0 Å². The van der Waals surface area contributed by atoms with E-state index in [0.717, 1.165) is 17.6 Å². The van der Waals surface area contributed by atoms with Gasteiger partial charge in [0.1, 0.15) is 0 Å². The van der Waals surface area contributed by atoms with E-state index in [2.05, 4.69) is 29.8 Å². The van der Waals surface area contributed by atoms with Gasteiger partial charge < -0.3 is 0 Å². The molecule has 0 radical (unpaired) electrons. The molecular weight excluding hydrogens is 180 g/mol. The average Bonchev–Trinajstić information content (AvgIpc) is 2.79. The van der Waals surface area contributed by atoms with Gasteiger partial charge in [-0.15, -0.1) is 0 Å². The molecule has 0 saturated carbocycles. The lowest BCUT2D eigenvalue weighted by Gasteiger charge is -1.84. The molecule has 0 heteroatoms. The maximum atomic E-state index is 3.03. The van der Waals surface area contributed by atoms with E-state index in [1.54, 1.807) is 0 Å². The summed E-state index contributed by atoms with van der Waals surface area (Å²) in [4.78, 5) is 0. The van der Waals surface area contributed by atoms with E-state index in [9.17, 15) is 0 Å². The minimum atomic E-state index is 0.944. The summed E-state index contributed by atoms with van der Waals surface area (Å²) in [5, 5.41) is 0. The molecule has 0 heterocycles. The first kappa shape index (κ1) is 9.38. The number of hydrogen-bond donors (Lipinski definition) is 0. The van der Waals surface area contributed by atoms with Crippen LogP contribution in [0.25, 0.3) is 0 Å². The summed E-state index contributed by atoms with van der Waals surface area (Å²) in [5.74, 6) is 11.7. The molecule has 1 aliphatic rings. The van der Waals surface area contributed by atoms with Gasteiger partial charge in [0, 0.05) is 11.1 Å². The van der Waals surface area contributed by atoms with Crippen LogP contribution >= 0.6 is 0 Å². The van der Waals surface area contributed by atoms with Crippen molar-refractivity contribution < 1.29 is 0 Å². The normalized spacial score (nSPS) is 12.1. The van der Waals surface area contributed by atoms with Crippen molar-refractivity contribution in [3.8, 4) is 23.7 Å². The molecule has 0 atom stereocenters. The molecule has 0 aromatic heterocycles. The minimum absolute atomic E-state index is 0.944. The number of hydrogen-bond acceptors (Lipinski definition) is 0. The Morgan fingerprint density at radius 2 is 1.73 bits per heavy atom. The zero-order chi connectivity index (χ0) is 10.3. The van der Waals surface area contributed by atoms with Gasteiger partial charge >= 0.3 is 0 Å². The summed E-state index contributed by atoms with van der Waals surface area (Å²) in [7, 11) is 0. The van der Waals surface area contributed by atoms with E-state index in [-0.39, 0.29) is 0 Å². The van der Waals surface area contributed by atoms with Crippen molar-refractivity contribution in [3.05, 3.63) is 59.7 Å². The standard InChI is InChI=1S/C15H10/c1-2-8-14(9-3-1)10-4-5-11-15-12-6-7-13-15/h1-3,6-9,12H,13H2.